The van der Waals surface area contributed by atoms with Crippen molar-refractivity contribution in [1.29, 1.82) is 0 Å². The van der Waals surface area contributed by atoms with Crippen LogP contribution in [0.1, 0.15) is 25.3 Å². The summed E-state index contributed by atoms with van der Waals surface area (Å²) in [5.41, 5.74) is 0.969. The van der Waals surface area contributed by atoms with E-state index < -0.39 is 0 Å². The fourth-order valence-electron chi connectivity index (χ4n) is 1.24. The Hall–Kier alpha value is -1.35. The van der Waals surface area contributed by atoms with Crippen molar-refractivity contribution < 1.29 is 14.3 Å². The lowest BCUT2D eigenvalue weighted by molar-refractivity contribution is -0.118. The van der Waals surface area contributed by atoms with Crippen molar-refractivity contribution in [2.75, 3.05) is 13.9 Å². The highest BCUT2D eigenvalue weighted by Crippen LogP contribution is 2.21. The van der Waals surface area contributed by atoms with E-state index in [0.29, 0.717) is 0 Å². The fraction of sp³-hybridized carbons (Fsp3) is 0.417. The van der Waals surface area contributed by atoms with Crippen molar-refractivity contribution in [3.63, 3.8) is 0 Å². The van der Waals surface area contributed by atoms with E-state index in [-0.39, 0.29) is 18.5 Å². The van der Waals surface area contributed by atoms with Crippen LogP contribution in [0.5, 0.6) is 5.75 Å². The summed E-state index contributed by atoms with van der Waals surface area (Å²) in [6.07, 6.45) is 0. The first kappa shape index (κ1) is 11.7. The summed E-state index contributed by atoms with van der Waals surface area (Å²) in [6, 6.07) is 7.51. The molecule has 3 heteroatoms. The second-order valence-corrected chi connectivity index (χ2v) is 3.46. The minimum atomic E-state index is -0.0869. The third-order valence-electron chi connectivity index (χ3n) is 2.31. The molecule has 0 spiro atoms. The first-order valence-electron chi connectivity index (χ1n) is 4.87. The molecule has 0 amide bonds. The average Bonchev–Trinajstić information content (AvgIpc) is 2.25. The molecule has 0 N–H and O–H groups in total. The van der Waals surface area contributed by atoms with Gasteiger partial charge in [-0.15, -0.1) is 0 Å². The Labute approximate surface area is 90.0 Å². The Kier molecular flexibility index (Phi) is 4.31. The summed E-state index contributed by atoms with van der Waals surface area (Å²) < 4.78 is 10.1. The first-order chi connectivity index (χ1) is 7.15. The van der Waals surface area contributed by atoms with Crippen molar-refractivity contribution in [2.24, 2.45) is 0 Å². The van der Waals surface area contributed by atoms with Gasteiger partial charge in [-0.3, -0.25) is 4.79 Å². The van der Waals surface area contributed by atoms with E-state index in [1.165, 1.54) is 0 Å². The van der Waals surface area contributed by atoms with Crippen LogP contribution in [0.25, 0.3) is 0 Å². The molecule has 3 nitrogen and oxygen atoms in total. The van der Waals surface area contributed by atoms with E-state index in [4.69, 9.17) is 9.47 Å². The van der Waals surface area contributed by atoms with Crippen LogP contribution >= 0.6 is 0 Å². The van der Waals surface area contributed by atoms with Crippen LogP contribution in [0.2, 0.25) is 0 Å². The molecule has 0 radical (unpaired) electrons. The van der Waals surface area contributed by atoms with Crippen LogP contribution in [0.4, 0.5) is 0 Å². The van der Waals surface area contributed by atoms with Crippen LogP contribution in [-0.4, -0.2) is 19.7 Å². The van der Waals surface area contributed by atoms with Gasteiger partial charge in [-0.25, -0.2) is 0 Å². The lowest BCUT2D eigenvalue weighted by Gasteiger charge is -2.10. The van der Waals surface area contributed by atoms with E-state index in [2.05, 4.69) is 0 Å². The van der Waals surface area contributed by atoms with Crippen LogP contribution in [0, 0.1) is 0 Å². The maximum absolute atomic E-state index is 11.2. The summed E-state index contributed by atoms with van der Waals surface area (Å²) in [5.74, 6) is 0.789. The highest BCUT2D eigenvalue weighted by atomic mass is 16.7. The summed E-state index contributed by atoms with van der Waals surface area (Å²) in [5, 5.41) is 0. The molecule has 0 aliphatic heterocycles. The van der Waals surface area contributed by atoms with Crippen molar-refractivity contribution >= 4 is 5.78 Å². The summed E-state index contributed by atoms with van der Waals surface area (Å²) in [6.45, 7) is 3.70. The lowest BCUT2D eigenvalue weighted by atomic mass is 9.98. The second kappa shape index (κ2) is 5.51. The Morgan fingerprint density at radius 1 is 1.47 bits per heavy atom. The molecule has 0 aliphatic rings. The number of carbonyl (C=O) groups is 1. The van der Waals surface area contributed by atoms with E-state index >= 15 is 0 Å². The molecule has 0 aromatic heterocycles. The Bertz CT molecular complexity index is 333. The Morgan fingerprint density at radius 2 is 2.20 bits per heavy atom. The quantitative estimate of drug-likeness (QED) is 0.697. The third-order valence-corrected chi connectivity index (χ3v) is 2.31. The zero-order valence-electron chi connectivity index (χ0n) is 9.32. The Morgan fingerprint density at radius 3 is 2.80 bits per heavy atom. The van der Waals surface area contributed by atoms with Crippen LogP contribution < -0.4 is 4.74 Å². The van der Waals surface area contributed by atoms with Crippen LogP contribution in [-0.2, 0) is 9.53 Å². The number of hydrogen-bond acceptors (Lipinski definition) is 3. The number of ketones is 1. The number of benzene rings is 1. The van der Waals surface area contributed by atoms with Crippen molar-refractivity contribution in [2.45, 2.75) is 19.8 Å². The number of carbonyl (C=O) groups excluding carboxylic acids is 1. The minimum Gasteiger partial charge on any atom is -0.468 e. The summed E-state index contributed by atoms with van der Waals surface area (Å²) in [7, 11) is 1.57. The van der Waals surface area contributed by atoms with Gasteiger partial charge in [0.1, 0.15) is 11.5 Å². The second-order valence-electron chi connectivity index (χ2n) is 3.46. The van der Waals surface area contributed by atoms with E-state index in [0.717, 1.165) is 11.3 Å². The van der Waals surface area contributed by atoms with Gasteiger partial charge in [-0.1, -0.05) is 19.1 Å². The number of hydrogen-bond donors (Lipinski definition) is 0. The van der Waals surface area contributed by atoms with Crippen molar-refractivity contribution in [3.8, 4) is 5.75 Å². The molecule has 1 rings (SSSR count). The van der Waals surface area contributed by atoms with Gasteiger partial charge < -0.3 is 9.47 Å². The lowest BCUT2D eigenvalue weighted by Crippen LogP contribution is -2.05. The van der Waals surface area contributed by atoms with Gasteiger partial charge in [0.15, 0.2) is 6.79 Å². The first-order valence-corrected chi connectivity index (χ1v) is 4.87. The molecule has 1 atom stereocenters. The van der Waals surface area contributed by atoms with Gasteiger partial charge in [0.2, 0.25) is 0 Å². The van der Waals surface area contributed by atoms with E-state index in [1.54, 1.807) is 14.0 Å². The molecule has 0 saturated heterocycles. The minimum absolute atomic E-state index is 0.0869. The molecule has 82 valence electrons. The molecule has 1 aromatic carbocycles. The van der Waals surface area contributed by atoms with Gasteiger partial charge in [0.05, 0.1) is 0 Å². The van der Waals surface area contributed by atoms with Crippen molar-refractivity contribution in [3.05, 3.63) is 29.8 Å². The number of methoxy groups -OCH3 is 1. The topological polar surface area (TPSA) is 35.5 Å². The molecule has 0 saturated carbocycles. The van der Waals surface area contributed by atoms with Crippen LogP contribution in [0.15, 0.2) is 24.3 Å². The summed E-state index contributed by atoms with van der Waals surface area (Å²) in [4.78, 5) is 11.2. The fourth-order valence-corrected chi connectivity index (χ4v) is 1.24. The average molecular weight is 208 g/mol. The summed E-state index contributed by atoms with van der Waals surface area (Å²) >= 11 is 0. The molecule has 15 heavy (non-hydrogen) atoms. The number of ether oxygens (including phenoxy) is 2. The molecular weight excluding hydrogens is 192 g/mol. The van der Waals surface area contributed by atoms with Crippen molar-refractivity contribution in [1.82, 2.24) is 0 Å². The molecular formula is C12H16O3. The number of Topliss-reactive ketones (excluding diaryl/α,β-unsaturated/α-hetero) is 1. The van der Waals surface area contributed by atoms with Gasteiger partial charge in [-0.2, -0.15) is 0 Å². The highest BCUT2D eigenvalue weighted by Gasteiger charge is 2.10. The highest BCUT2D eigenvalue weighted by molar-refractivity contribution is 5.82. The van der Waals surface area contributed by atoms with Gasteiger partial charge in [0, 0.05) is 13.0 Å². The maximum atomic E-state index is 11.2. The zero-order chi connectivity index (χ0) is 11.3. The largest absolute Gasteiger partial charge is 0.468 e. The molecule has 1 aromatic rings. The number of rotatable bonds is 5. The van der Waals surface area contributed by atoms with Crippen LogP contribution in [0.3, 0.4) is 0 Å². The van der Waals surface area contributed by atoms with E-state index in [9.17, 15) is 4.79 Å². The molecule has 0 aliphatic carbocycles. The van der Waals surface area contributed by atoms with Gasteiger partial charge >= 0.3 is 0 Å². The predicted molar refractivity (Wildman–Crippen MR) is 58.0 cm³/mol. The predicted octanol–water partition coefficient (Wildman–Crippen LogP) is 2.36. The normalized spacial score (nSPS) is 12.2. The third kappa shape index (κ3) is 3.36. The molecule has 0 heterocycles. The van der Waals surface area contributed by atoms with E-state index in [1.807, 2.05) is 31.2 Å². The van der Waals surface area contributed by atoms with Gasteiger partial charge in [-0.05, 0) is 24.6 Å². The maximum Gasteiger partial charge on any atom is 0.188 e. The molecule has 0 fully saturated rings. The monoisotopic (exact) mass is 208 g/mol. The molecule has 1 unspecified atom stereocenters. The SMILES string of the molecule is COCOc1cccc(C(C)C(C)=O)c1. The smallest absolute Gasteiger partial charge is 0.188 e. The standard InChI is InChI=1S/C12H16O3/c1-9(10(2)13)11-5-4-6-12(7-11)15-8-14-3/h4-7,9H,8H2,1-3H3. The Balaban J connectivity index is 2.77. The molecule has 0 bridgehead atoms. The van der Waals surface area contributed by atoms with Gasteiger partial charge in [0.25, 0.3) is 0 Å². The zero-order valence-corrected chi connectivity index (χ0v) is 9.32.